The molecule has 1 unspecified atom stereocenters. The molecule has 2 aliphatic rings. The van der Waals surface area contributed by atoms with Gasteiger partial charge in [-0.3, -0.25) is 4.90 Å². The molecule has 1 saturated carbocycles. The third-order valence-electron chi connectivity index (χ3n) is 3.57. The molecule has 1 atom stereocenters. The zero-order valence-corrected chi connectivity index (χ0v) is 8.74. The van der Waals surface area contributed by atoms with Crippen LogP contribution in [0.3, 0.4) is 0 Å². The molecule has 0 bridgehead atoms. The average Bonchev–Trinajstić information content (AvgIpc) is 2.99. The van der Waals surface area contributed by atoms with Crippen molar-refractivity contribution in [2.45, 2.75) is 44.8 Å². The van der Waals surface area contributed by atoms with Gasteiger partial charge >= 0.3 is 0 Å². The minimum Gasteiger partial charge on any atom is -0.289 e. The molecule has 1 aromatic carbocycles. The second-order valence-electron chi connectivity index (χ2n) is 4.53. The monoisotopic (exact) mass is 187 g/mol. The summed E-state index contributed by atoms with van der Waals surface area (Å²) in [5.74, 6) is 0. The maximum Gasteiger partial charge on any atom is 0.0355 e. The van der Waals surface area contributed by atoms with Gasteiger partial charge in [0.15, 0.2) is 0 Å². The second-order valence-corrected chi connectivity index (χ2v) is 4.53. The van der Waals surface area contributed by atoms with Crippen LogP contribution >= 0.6 is 0 Å². The highest BCUT2D eigenvalue weighted by Crippen LogP contribution is 2.42. The Labute approximate surface area is 85.7 Å². The van der Waals surface area contributed by atoms with Crippen molar-refractivity contribution in [3.8, 4) is 0 Å². The van der Waals surface area contributed by atoms with Gasteiger partial charge in [-0.15, -0.1) is 0 Å². The molecule has 3 rings (SSSR count). The van der Waals surface area contributed by atoms with Crippen LogP contribution in [0.5, 0.6) is 0 Å². The van der Waals surface area contributed by atoms with Crippen LogP contribution in [-0.2, 0) is 6.54 Å². The zero-order valence-electron chi connectivity index (χ0n) is 8.74. The van der Waals surface area contributed by atoms with Crippen LogP contribution in [0.4, 0.5) is 0 Å². The fraction of sp³-hybridized carbons (Fsp3) is 0.538. The fourth-order valence-corrected chi connectivity index (χ4v) is 2.73. The van der Waals surface area contributed by atoms with Crippen molar-refractivity contribution in [2.24, 2.45) is 0 Å². The Hall–Kier alpha value is -0.820. The summed E-state index contributed by atoms with van der Waals surface area (Å²) in [5, 5.41) is 0. The van der Waals surface area contributed by atoms with E-state index >= 15 is 0 Å². The highest BCUT2D eigenvalue weighted by atomic mass is 15.2. The molecule has 0 amide bonds. The molecule has 0 spiro atoms. The lowest BCUT2D eigenvalue weighted by Gasteiger charge is -2.23. The van der Waals surface area contributed by atoms with Gasteiger partial charge in [0.05, 0.1) is 0 Å². The highest BCUT2D eigenvalue weighted by molar-refractivity contribution is 5.34. The summed E-state index contributed by atoms with van der Waals surface area (Å²) < 4.78 is 0. The fourth-order valence-electron chi connectivity index (χ4n) is 2.73. The average molecular weight is 187 g/mol. The number of hydrogen-bond acceptors (Lipinski definition) is 1. The first-order chi connectivity index (χ1) is 6.90. The Morgan fingerprint density at radius 2 is 2.07 bits per heavy atom. The van der Waals surface area contributed by atoms with Crippen LogP contribution in [0.25, 0.3) is 0 Å². The number of nitrogens with zero attached hydrogens (tertiary/aromatic N) is 1. The summed E-state index contributed by atoms with van der Waals surface area (Å²) in [7, 11) is 0. The van der Waals surface area contributed by atoms with E-state index in [1.165, 1.54) is 25.8 Å². The Kier molecular flexibility index (Phi) is 1.88. The highest BCUT2D eigenvalue weighted by Gasteiger charge is 2.38. The molecule has 1 fully saturated rings. The van der Waals surface area contributed by atoms with Crippen molar-refractivity contribution in [1.82, 2.24) is 4.90 Å². The summed E-state index contributed by atoms with van der Waals surface area (Å²) in [5.41, 5.74) is 3.15. The molecule has 0 N–H and O–H groups in total. The minimum absolute atomic E-state index is 0.707. The van der Waals surface area contributed by atoms with E-state index in [9.17, 15) is 0 Å². The molecule has 0 radical (unpaired) electrons. The van der Waals surface area contributed by atoms with Gasteiger partial charge < -0.3 is 0 Å². The predicted molar refractivity (Wildman–Crippen MR) is 58.0 cm³/mol. The summed E-state index contributed by atoms with van der Waals surface area (Å²) in [4.78, 5) is 2.70. The van der Waals surface area contributed by atoms with E-state index in [0.29, 0.717) is 6.04 Å². The first-order valence-corrected chi connectivity index (χ1v) is 5.73. The van der Waals surface area contributed by atoms with Gasteiger partial charge in [0.2, 0.25) is 0 Å². The molecule has 1 heterocycles. The van der Waals surface area contributed by atoms with Crippen LogP contribution in [-0.4, -0.2) is 10.9 Å². The summed E-state index contributed by atoms with van der Waals surface area (Å²) >= 11 is 0. The first-order valence-electron chi connectivity index (χ1n) is 5.73. The summed E-state index contributed by atoms with van der Waals surface area (Å²) in [6.07, 6.45) is 4.10. The van der Waals surface area contributed by atoms with Crippen LogP contribution in [0.15, 0.2) is 24.3 Å². The quantitative estimate of drug-likeness (QED) is 0.687. The minimum atomic E-state index is 0.707. The molecule has 74 valence electrons. The van der Waals surface area contributed by atoms with E-state index in [4.69, 9.17) is 0 Å². The van der Waals surface area contributed by atoms with Crippen LogP contribution in [0, 0.1) is 0 Å². The zero-order chi connectivity index (χ0) is 9.54. The Bertz CT molecular complexity index is 341. The van der Waals surface area contributed by atoms with E-state index in [-0.39, 0.29) is 0 Å². The van der Waals surface area contributed by atoms with Gasteiger partial charge in [0, 0.05) is 18.6 Å². The molecule has 0 aromatic heterocycles. The van der Waals surface area contributed by atoms with Gasteiger partial charge in [0.1, 0.15) is 0 Å². The Morgan fingerprint density at radius 1 is 1.29 bits per heavy atom. The standard InChI is InChI=1S/C13H17N/c1-2-13-12-6-4-3-5-10(12)9-14(13)11-7-8-11/h3-6,11,13H,2,7-9H2,1H3. The normalized spacial score (nSPS) is 26.5. The maximum atomic E-state index is 2.70. The molecule has 1 aliphatic carbocycles. The van der Waals surface area contributed by atoms with Crippen LogP contribution in [0.2, 0.25) is 0 Å². The molecule has 1 nitrogen and oxygen atoms in total. The van der Waals surface area contributed by atoms with E-state index < -0.39 is 0 Å². The van der Waals surface area contributed by atoms with Gasteiger partial charge in [0.25, 0.3) is 0 Å². The molecule has 1 heteroatoms. The summed E-state index contributed by atoms with van der Waals surface area (Å²) in [6.45, 7) is 3.50. The maximum absolute atomic E-state index is 2.70. The molecule has 1 aromatic rings. The number of rotatable bonds is 2. The molecular formula is C13H17N. The van der Waals surface area contributed by atoms with Crippen molar-refractivity contribution in [3.05, 3.63) is 35.4 Å². The third-order valence-corrected chi connectivity index (χ3v) is 3.57. The van der Waals surface area contributed by atoms with E-state index in [1.807, 2.05) is 0 Å². The molecule has 1 aliphatic heterocycles. The molecular weight excluding hydrogens is 170 g/mol. The van der Waals surface area contributed by atoms with E-state index in [0.717, 1.165) is 6.04 Å². The lowest BCUT2D eigenvalue weighted by Crippen LogP contribution is -2.23. The SMILES string of the molecule is CCC1c2ccccc2CN1C1CC1. The van der Waals surface area contributed by atoms with Gasteiger partial charge in [-0.25, -0.2) is 0 Å². The number of fused-ring (bicyclic) bond motifs is 1. The lowest BCUT2D eigenvalue weighted by atomic mass is 10.0. The van der Waals surface area contributed by atoms with Crippen molar-refractivity contribution < 1.29 is 0 Å². The van der Waals surface area contributed by atoms with E-state index in [1.54, 1.807) is 11.1 Å². The Morgan fingerprint density at radius 3 is 2.79 bits per heavy atom. The van der Waals surface area contributed by atoms with Gasteiger partial charge in [-0.2, -0.15) is 0 Å². The molecule has 14 heavy (non-hydrogen) atoms. The van der Waals surface area contributed by atoms with Crippen molar-refractivity contribution in [3.63, 3.8) is 0 Å². The van der Waals surface area contributed by atoms with Gasteiger partial charge in [-0.1, -0.05) is 31.2 Å². The molecule has 0 saturated heterocycles. The van der Waals surface area contributed by atoms with Crippen LogP contribution < -0.4 is 0 Å². The van der Waals surface area contributed by atoms with Crippen molar-refractivity contribution >= 4 is 0 Å². The van der Waals surface area contributed by atoms with Crippen LogP contribution in [0.1, 0.15) is 43.4 Å². The van der Waals surface area contributed by atoms with Crippen molar-refractivity contribution in [2.75, 3.05) is 0 Å². The second kappa shape index (κ2) is 3.09. The topological polar surface area (TPSA) is 3.24 Å². The van der Waals surface area contributed by atoms with Crippen molar-refractivity contribution in [1.29, 1.82) is 0 Å². The number of hydrogen-bond donors (Lipinski definition) is 0. The summed E-state index contributed by atoms with van der Waals surface area (Å²) in [6, 6.07) is 10.6. The van der Waals surface area contributed by atoms with Gasteiger partial charge in [-0.05, 0) is 30.4 Å². The largest absolute Gasteiger partial charge is 0.289 e. The smallest absolute Gasteiger partial charge is 0.0355 e. The third kappa shape index (κ3) is 1.19. The number of benzene rings is 1. The van der Waals surface area contributed by atoms with E-state index in [2.05, 4.69) is 36.1 Å². The predicted octanol–water partition coefficient (Wildman–Crippen LogP) is 3.12. The lowest BCUT2D eigenvalue weighted by molar-refractivity contribution is 0.200. The Balaban J connectivity index is 1.96. The first kappa shape index (κ1) is 8.49.